The standard InChI is InChI=1S/C17H25NO3/c1-4-14(15-8-5-12(2)6-9-15)11-16(19)18-13(3)7-10-17(20)21/h5-6,8-9,13-14H,4,7,10-11H2,1-3H3,(H,18,19)(H,20,21). The van der Waals surface area contributed by atoms with Crippen molar-refractivity contribution in [3.05, 3.63) is 35.4 Å². The molecule has 1 aromatic rings. The summed E-state index contributed by atoms with van der Waals surface area (Å²) in [6.45, 7) is 5.96. The van der Waals surface area contributed by atoms with Gasteiger partial charge in [-0.25, -0.2) is 0 Å². The van der Waals surface area contributed by atoms with Gasteiger partial charge in [-0.3, -0.25) is 9.59 Å². The number of carboxylic acid groups (broad SMARTS) is 1. The first-order valence-corrected chi connectivity index (χ1v) is 7.50. The monoisotopic (exact) mass is 291 g/mol. The number of amides is 1. The fourth-order valence-electron chi connectivity index (χ4n) is 2.31. The summed E-state index contributed by atoms with van der Waals surface area (Å²) < 4.78 is 0. The summed E-state index contributed by atoms with van der Waals surface area (Å²) in [6.07, 6.45) is 1.88. The van der Waals surface area contributed by atoms with E-state index in [1.807, 2.05) is 13.8 Å². The van der Waals surface area contributed by atoms with Crippen LogP contribution in [0.1, 0.15) is 56.6 Å². The number of aryl methyl sites for hydroxylation is 1. The Morgan fingerprint density at radius 1 is 1.24 bits per heavy atom. The summed E-state index contributed by atoms with van der Waals surface area (Å²) in [5.74, 6) is -0.639. The van der Waals surface area contributed by atoms with Gasteiger partial charge in [-0.05, 0) is 38.2 Å². The molecular weight excluding hydrogens is 266 g/mol. The smallest absolute Gasteiger partial charge is 0.303 e. The number of aliphatic carboxylic acids is 1. The van der Waals surface area contributed by atoms with Gasteiger partial charge in [0.25, 0.3) is 0 Å². The molecule has 0 bridgehead atoms. The molecule has 0 heterocycles. The molecule has 0 saturated heterocycles. The van der Waals surface area contributed by atoms with Crippen molar-refractivity contribution in [1.29, 1.82) is 0 Å². The van der Waals surface area contributed by atoms with E-state index in [4.69, 9.17) is 5.11 Å². The Labute approximate surface area is 126 Å². The molecule has 0 spiro atoms. The Balaban J connectivity index is 2.51. The van der Waals surface area contributed by atoms with Gasteiger partial charge >= 0.3 is 5.97 Å². The Morgan fingerprint density at radius 2 is 1.86 bits per heavy atom. The van der Waals surface area contributed by atoms with E-state index in [9.17, 15) is 9.59 Å². The van der Waals surface area contributed by atoms with Gasteiger partial charge in [0.2, 0.25) is 5.91 Å². The summed E-state index contributed by atoms with van der Waals surface area (Å²) in [4.78, 5) is 22.6. The molecule has 0 radical (unpaired) electrons. The first kappa shape index (κ1) is 17.2. The third kappa shape index (κ3) is 6.43. The van der Waals surface area contributed by atoms with Crippen LogP contribution in [0, 0.1) is 6.92 Å². The van der Waals surface area contributed by atoms with Gasteiger partial charge < -0.3 is 10.4 Å². The molecular formula is C17H25NO3. The van der Waals surface area contributed by atoms with E-state index in [0.717, 1.165) is 6.42 Å². The molecule has 0 saturated carbocycles. The van der Waals surface area contributed by atoms with Crippen molar-refractivity contribution in [2.45, 2.75) is 58.4 Å². The zero-order valence-corrected chi connectivity index (χ0v) is 13.1. The number of carbonyl (C=O) groups excluding carboxylic acids is 1. The molecule has 1 aromatic carbocycles. The molecule has 116 valence electrons. The quantitative estimate of drug-likeness (QED) is 0.772. The first-order chi connectivity index (χ1) is 9.92. The Hall–Kier alpha value is -1.84. The number of rotatable bonds is 8. The molecule has 0 aromatic heterocycles. The van der Waals surface area contributed by atoms with Gasteiger partial charge in [0.05, 0.1) is 0 Å². The zero-order chi connectivity index (χ0) is 15.8. The zero-order valence-electron chi connectivity index (χ0n) is 13.1. The van der Waals surface area contributed by atoms with E-state index in [1.165, 1.54) is 11.1 Å². The lowest BCUT2D eigenvalue weighted by Crippen LogP contribution is -2.33. The number of nitrogens with one attached hydrogen (secondary N) is 1. The van der Waals surface area contributed by atoms with Gasteiger partial charge in [0.1, 0.15) is 0 Å². The Bertz CT molecular complexity index is 467. The van der Waals surface area contributed by atoms with E-state index >= 15 is 0 Å². The Kier molecular flexibility index (Phi) is 6.92. The molecule has 0 aliphatic heterocycles. The van der Waals surface area contributed by atoms with Gasteiger partial charge in [-0.1, -0.05) is 36.8 Å². The van der Waals surface area contributed by atoms with Crippen LogP contribution in [-0.4, -0.2) is 23.0 Å². The van der Waals surface area contributed by atoms with Gasteiger partial charge in [0, 0.05) is 18.9 Å². The highest BCUT2D eigenvalue weighted by atomic mass is 16.4. The van der Waals surface area contributed by atoms with Crippen LogP contribution in [0.4, 0.5) is 0 Å². The molecule has 1 amide bonds. The highest BCUT2D eigenvalue weighted by Crippen LogP contribution is 2.23. The van der Waals surface area contributed by atoms with Crippen molar-refractivity contribution >= 4 is 11.9 Å². The summed E-state index contributed by atoms with van der Waals surface area (Å²) in [7, 11) is 0. The van der Waals surface area contributed by atoms with Crippen molar-refractivity contribution in [2.24, 2.45) is 0 Å². The summed E-state index contributed by atoms with van der Waals surface area (Å²) in [5, 5.41) is 11.5. The van der Waals surface area contributed by atoms with Crippen LogP contribution in [0.2, 0.25) is 0 Å². The predicted octanol–water partition coefficient (Wildman–Crippen LogP) is 3.25. The van der Waals surface area contributed by atoms with E-state index < -0.39 is 5.97 Å². The molecule has 0 aliphatic carbocycles. The fourth-order valence-corrected chi connectivity index (χ4v) is 2.31. The van der Waals surface area contributed by atoms with E-state index in [2.05, 4.69) is 36.5 Å². The molecule has 4 heteroatoms. The minimum Gasteiger partial charge on any atom is -0.481 e. The third-order valence-electron chi connectivity index (χ3n) is 3.67. The largest absolute Gasteiger partial charge is 0.481 e. The van der Waals surface area contributed by atoms with Crippen molar-refractivity contribution < 1.29 is 14.7 Å². The normalized spacial score (nSPS) is 13.5. The van der Waals surface area contributed by atoms with Crippen LogP contribution in [0.25, 0.3) is 0 Å². The molecule has 2 unspecified atom stereocenters. The summed E-state index contributed by atoms with van der Waals surface area (Å²) in [6, 6.07) is 8.16. The predicted molar refractivity (Wildman–Crippen MR) is 83.3 cm³/mol. The number of carbonyl (C=O) groups is 2. The second-order valence-electron chi connectivity index (χ2n) is 5.62. The summed E-state index contributed by atoms with van der Waals surface area (Å²) >= 11 is 0. The van der Waals surface area contributed by atoms with Gasteiger partial charge in [-0.2, -0.15) is 0 Å². The lowest BCUT2D eigenvalue weighted by molar-refractivity contribution is -0.137. The van der Waals surface area contributed by atoms with E-state index in [1.54, 1.807) is 0 Å². The van der Waals surface area contributed by atoms with Crippen LogP contribution in [0.5, 0.6) is 0 Å². The molecule has 21 heavy (non-hydrogen) atoms. The number of benzene rings is 1. The molecule has 4 nitrogen and oxygen atoms in total. The highest BCUT2D eigenvalue weighted by Gasteiger charge is 2.16. The van der Waals surface area contributed by atoms with Crippen LogP contribution in [0.15, 0.2) is 24.3 Å². The molecule has 2 N–H and O–H groups in total. The third-order valence-corrected chi connectivity index (χ3v) is 3.67. The van der Waals surface area contributed by atoms with E-state index in [-0.39, 0.29) is 24.3 Å². The van der Waals surface area contributed by atoms with Crippen LogP contribution >= 0.6 is 0 Å². The maximum Gasteiger partial charge on any atom is 0.303 e. The molecule has 1 rings (SSSR count). The van der Waals surface area contributed by atoms with Crippen molar-refractivity contribution in [3.63, 3.8) is 0 Å². The van der Waals surface area contributed by atoms with Crippen LogP contribution < -0.4 is 5.32 Å². The van der Waals surface area contributed by atoms with Crippen molar-refractivity contribution in [1.82, 2.24) is 5.32 Å². The van der Waals surface area contributed by atoms with Crippen molar-refractivity contribution in [2.75, 3.05) is 0 Å². The topological polar surface area (TPSA) is 66.4 Å². The highest BCUT2D eigenvalue weighted by molar-refractivity contribution is 5.77. The fraction of sp³-hybridized carbons (Fsp3) is 0.529. The average molecular weight is 291 g/mol. The number of carboxylic acids is 1. The molecule has 0 fully saturated rings. The van der Waals surface area contributed by atoms with Crippen LogP contribution in [-0.2, 0) is 9.59 Å². The second-order valence-corrected chi connectivity index (χ2v) is 5.62. The molecule has 2 atom stereocenters. The number of hydrogen-bond acceptors (Lipinski definition) is 2. The lowest BCUT2D eigenvalue weighted by Gasteiger charge is -2.18. The first-order valence-electron chi connectivity index (χ1n) is 7.50. The SMILES string of the molecule is CCC(CC(=O)NC(C)CCC(=O)O)c1ccc(C)cc1. The lowest BCUT2D eigenvalue weighted by atomic mass is 9.92. The van der Waals surface area contributed by atoms with E-state index in [0.29, 0.717) is 12.8 Å². The summed E-state index contributed by atoms with van der Waals surface area (Å²) in [5.41, 5.74) is 2.39. The second kappa shape index (κ2) is 8.45. The maximum absolute atomic E-state index is 12.0. The van der Waals surface area contributed by atoms with Gasteiger partial charge in [-0.15, -0.1) is 0 Å². The molecule has 0 aliphatic rings. The maximum atomic E-state index is 12.0. The van der Waals surface area contributed by atoms with Gasteiger partial charge in [0.15, 0.2) is 0 Å². The minimum atomic E-state index is -0.831. The minimum absolute atomic E-state index is 0.0136. The number of hydrogen-bond donors (Lipinski definition) is 2. The van der Waals surface area contributed by atoms with Crippen LogP contribution in [0.3, 0.4) is 0 Å². The van der Waals surface area contributed by atoms with Crippen molar-refractivity contribution in [3.8, 4) is 0 Å². The Morgan fingerprint density at radius 3 is 2.38 bits per heavy atom. The average Bonchev–Trinajstić information content (AvgIpc) is 2.43.